The van der Waals surface area contributed by atoms with Crippen LogP contribution in [0.2, 0.25) is 0 Å². The minimum atomic E-state index is 0.655. The monoisotopic (exact) mass is 169 g/mol. The van der Waals surface area contributed by atoms with Crippen molar-refractivity contribution in [3.05, 3.63) is 0 Å². The predicted molar refractivity (Wildman–Crippen MR) is 54.3 cm³/mol. The number of nitrogens with one attached hydrogen (secondary N) is 1. The lowest BCUT2D eigenvalue weighted by Gasteiger charge is -2.22. The van der Waals surface area contributed by atoms with Crippen LogP contribution in [0.15, 0.2) is 0 Å². The summed E-state index contributed by atoms with van der Waals surface area (Å²) < 4.78 is 0. The van der Waals surface area contributed by atoms with Crippen molar-refractivity contribution in [2.24, 2.45) is 11.3 Å². The van der Waals surface area contributed by atoms with Crippen molar-refractivity contribution in [1.29, 1.82) is 0 Å². The molecule has 1 aliphatic rings. The molecule has 0 radical (unpaired) electrons. The molecule has 0 amide bonds. The molecule has 1 N–H and O–H groups in total. The first-order chi connectivity index (χ1) is 5.57. The van der Waals surface area contributed by atoms with Crippen molar-refractivity contribution in [1.82, 2.24) is 5.32 Å². The van der Waals surface area contributed by atoms with Gasteiger partial charge in [0, 0.05) is 12.6 Å². The number of rotatable bonds is 5. The third-order valence-electron chi connectivity index (χ3n) is 3.14. The molecule has 0 saturated heterocycles. The maximum atomic E-state index is 3.67. The summed E-state index contributed by atoms with van der Waals surface area (Å²) in [6, 6.07) is 0.724. The summed E-state index contributed by atoms with van der Waals surface area (Å²) in [7, 11) is 0. The Balaban J connectivity index is 2.19. The van der Waals surface area contributed by atoms with Gasteiger partial charge in [-0.25, -0.2) is 0 Å². The zero-order valence-corrected chi connectivity index (χ0v) is 8.98. The Morgan fingerprint density at radius 3 is 2.25 bits per heavy atom. The molecule has 0 bridgehead atoms. The van der Waals surface area contributed by atoms with Gasteiger partial charge in [-0.1, -0.05) is 27.7 Å². The zero-order valence-electron chi connectivity index (χ0n) is 8.98. The van der Waals surface area contributed by atoms with E-state index in [4.69, 9.17) is 0 Å². The molecule has 1 heteroatoms. The highest BCUT2D eigenvalue weighted by atomic mass is 14.9. The molecule has 1 atom stereocenters. The molecule has 12 heavy (non-hydrogen) atoms. The molecule has 0 aliphatic heterocycles. The second kappa shape index (κ2) is 3.78. The van der Waals surface area contributed by atoms with Crippen LogP contribution in [0.4, 0.5) is 0 Å². The van der Waals surface area contributed by atoms with Crippen molar-refractivity contribution in [3.8, 4) is 0 Å². The van der Waals surface area contributed by atoms with Gasteiger partial charge >= 0.3 is 0 Å². The van der Waals surface area contributed by atoms with E-state index in [2.05, 4.69) is 33.0 Å². The van der Waals surface area contributed by atoms with E-state index in [-0.39, 0.29) is 0 Å². The van der Waals surface area contributed by atoms with E-state index < -0.39 is 0 Å². The van der Waals surface area contributed by atoms with Gasteiger partial charge in [-0.3, -0.25) is 0 Å². The molecular weight excluding hydrogens is 146 g/mol. The third kappa shape index (κ3) is 2.78. The highest BCUT2D eigenvalue weighted by molar-refractivity contribution is 4.91. The molecule has 1 saturated carbocycles. The fourth-order valence-electron chi connectivity index (χ4n) is 1.62. The van der Waals surface area contributed by atoms with E-state index in [1.807, 2.05) is 0 Å². The number of hydrogen-bond acceptors (Lipinski definition) is 1. The lowest BCUT2D eigenvalue weighted by molar-refractivity contribution is 0.355. The molecule has 1 rings (SSSR count). The van der Waals surface area contributed by atoms with Crippen LogP contribution in [0.25, 0.3) is 0 Å². The largest absolute Gasteiger partial charge is 0.313 e. The van der Waals surface area contributed by atoms with E-state index in [1.165, 1.54) is 25.8 Å². The van der Waals surface area contributed by atoms with Crippen molar-refractivity contribution >= 4 is 0 Å². The molecule has 1 unspecified atom stereocenters. The van der Waals surface area contributed by atoms with Crippen LogP contribution in [-0.4, -0.2) is 12.6 Å². The van der Waals surface area contributed by atoms with Crippen LogP contribution in [-0.2, 0) is 0 Å². The molecule has 0 aromatic heterocycles. The highest BCUT2D eigenvalue weighted by Crippen LogP contribution is 2.44. The van der Waals surface area contributed by atoms with Gasteiger partial charge in [0.25, 0.3) is 0 Å². The van der Waals surface area contributed by atoms with E-state index in [9.17, 15) is 0 Å². The van der Waals surface area contributed by atoms with Gasteiger partial charge in [-0.15, -0.1) is 0 Å². The minimum absolute atomic E-state index is 0.655. The summed E-state index contributed by atoms with van der Waals surface area (Å²) >= 11 is 0. The molecule has 1 nitrogen and oxygen atoms in total. The van der Waals surface area contributed by atoms with Gasteiger partial charge < -0.3 is 5.32 Å². The molecular formula is C11H23N. The Morgan fingerprint density at radius 2 is 1.92 bits per heavy atom. The molecule has 72 valence electrons. The average molecular weight is 169 g/mol. The van der Waals surface area contributed by atoms with E-state index in [0.29, 0.717) is 5.41 Å². The molecule has 1 aliphatic carbocycles. The van der Waals surface area contributed by atoms with Gasteiger partial charge in [0.05, 0.1) is 0 Å². The molecule has 0 spiro atoms. The summed E-state index contributed by atoms with van der Waals surface area (Å²) in [6.07, 6.45) is 4.11. The lowest BCUT2D eigenvalue weighted by Crippen LogP contribution is -2.36. The summed E-state index contributed by atoms with van der Waals surface area (Å²) in [5, 5.41) is 3.67. The maximum absolute atomic E-state index is 3.67. The van der Waals surface area contributed by atoms with Gasteiger partial charge in [-0.2, -0.15) is 0 Å². The smallest absolute Gasteiger partial charge is 0.00876 e. The quantitative estimate of drug-likeness (QED) is 0.667. The normalized spacial score (nSPS) is 22.8. The second-order valence-corrected chi connectivity index (χ2v) is 4.95. The third-order valence-corrected chi connectivity index (χ3v) is 3.14. The minimum Gasteiger partial charge on any atom is -0.313 e. The molecule has 0 aromatic rings. The summed E-state index contributed by atoms with van der Waals surface area (Å²) in [6.45, 7) is 10.5. The van der Waals surface area contributed by atoms with Gasteiger partial charge in [-0.05, 0) is 30.6 Å². The van der Waals surface area contributed by atoms with Crippen LogP contribution < -0.4 is 5.32 Å². The topological polar surface area (TPSA) is 12.0 Å². The maximum Gasteiger partial charge on any atom is 0.00876 e. The van der Waals surface area contributed by atoms with Crippen molar-refractivity contribution in [2.75, 3.05) is 6.54 Å². The summed E-state index contributed by atoms with van der Waals surface area (Å²) in [5.74, 6) is 0.775. The molecule has 0 heterocycles. The van der Waals surface area contributed by atoms with Crippen LogP contribution in [0.1, 0.15) is 47.0 Å². The van der Waals surface area contributed by atoms with Crippen molar-refractivity contribution < 1.29 is 0 Å². The van der Waals surface area contributed by atoms with Crippen molar-refractivity contribution in [3.63, 3.8) is 0 Å². The van der Waals surface area contributed by atoms with Crippen LogP contribution >= 0.6 is 0 Å². The van der Waals surface area contributed by atoms with Crippen LogP contribution in [0, 0.1) is 11.3 Å². The predicted octanol–water partition coefficient (Wildman–Crippen LogP) is 2.81. The summed E-state index contributed by atoms with van der Waals surface area (Å²) in [4.78, 5) is 0. The van der Waals surface area contributed by atoms with Crippen LogP contribution in [0.3, 0.4) is 0 Å². The molecule has 1 fully saturated rings. The van der Waals surface area contributed by atoms with Crippen LogP contribution in [0.5, 0.6) is 0 Å². The van der Waals surface area contributed by atoms with E-state index >= 15 is 0 Å². The first kappa shape index (κ1) is 10.0. The fraction of sp³-hybridized carbons (Fsp3) is 1.00. The SMILES string of the molecule is CCC(NCC1(C)CC1)C(C)C. The van der Waals surface area contributed by atoms with Gasteiger partial charge in [0.15, 0.2) is 0 Å². The average Bonchev–Trinajstić information content (AvgIpc) is 2.69. The van der Waals surface area contributed by atoms with E-state index in [1.54, 1.807) is 0 Å². The first-order valence-corrected chi connectivity index (χ1v) is 5.31. The van der Waals surface area contributed by atoms with Crippen molar-refractivity contribution in [2.45, 2.75) is 53.0 Å². The Hall–Kier alpha value is -0.0400. The Bertz CT molecular complexity index is 136. The van der Waals surface area contributed by atoms with Gasteiger partial charge in [0.2, 0.25) is 0 Å². The van der Waals surface area contributed by atoms with E-state index in [0.717, 1.165) is 12.0 Å². The highest BCUT2D eigenvalue weighted by Gasteiger charge is 2.37. The Morgan fingerprint density at radius 1 is 1.33 bits per heavy atom. The first-order valence-electron chi connectivity index (χ1n) is 5.31. The number of hydrogen-bond donors (Lipinski definition) is 1. The fourth-order valence-corrected chi connectivity index (χ4v) is 1.62. The summed E-state index contributed by atoms with van der Waals surface area (Å²) in [5.41, 5.74) is 0.655. The standard InChI is InChI=1S/C11H23N/c1-5-10(9(2)3)12-8-11(4)6-7-11/h9-10,12H,5-8H2,1-4H3. The Kier molecular flexibility index (Phi) is 3.16. The Labute approximate surface area is 76.9 Å². The zero-order chi connectivity index (χ0) is 9.19. The lowest BCUT2D eigenvalue weighted by atomic mass is 10.0. The van der Waals surface area contributed by atoms with Gasteiger partial charge in [0.1, 0.15) is 0 Å². The molecule has 0 aromatic carbocycles. The second-order valence-electron chi connectivity index (χ2n) is 4.95.